The molecular formula is C27H38N4O4. The van der Waals surface area contributed by atoms with E-state index in [0.29, 0.717) is 32.1 Å². The van der Waals surface area contributed by atoms with Crippen molar-refractivity contribution in [1.82, 2.24) is 16.0 Å². The summed E-state index contributed by atoms with van der Waals surface area (Å²) in [5.74, 6) is -1.75. The van der Waals surface area contributed by atoms with Crippen LogP contribution in [0.25, 0.3) is 0 Å². The Morgan fingerprint density at radius 2 is 1.80 bits per heavy atom. The van der Waals surface area contributed by atoms with E-state index in [0.717, 1.165) is 31.2 Å². The Hall–Kier alpha value is -3.16. The van der Waals surface area contributed by atoms with Gasteiger partial charge in [0.1, 0.15) is 11.6 Å². The quantitative estimate of drug-likeness (QED) is 0.381. The maximum Gasteiger partial charge on any atom is 0.246 e. The van der Waals surface area contributed by atoms with Gasteiger partial charge in [-0.15, -0.1) is 0 Å². The first kappa shape index (κ1) is 26.4. The molecule has 2 aliphatic carbocycles. The van der Waals surface area contributed by atoms with Crippen LogP contribution < -0.4 is 21.7 Å². The summed E-state index contributed by atoms with van der Waals surface area (Å²) in [5.41, 5.74) is 5.55. The predicted molar refractivity (Wildman–Crippen MR) is 134 cm³/mol. The van der Waals surface area contributed by atoms with Crippen LogP contribution in [0.15, 0.2) is 42.5 Å². The van der Waals surface area contributed by atoms with Crippen molar-refractivity contribution in [3.63, 3.8) is 0 Å². The van der Waals surface area contributed by atoms with E-state index >= 15 is 0 Å². The summed E-state index contributed by atoms with van der Waals surface area (Å²) < 4.78 is 0. The van der Waals surface area contributed by atoms with Crippen molar-refractivity contribution < 1.29 is 19.2 Å². The molecule has 0 radical (unpaired) electrons. The number of benzene rings is 1. The van der Waals surface area contributed by atoms with Gasteiger partial charge in [0, 0.05) is 6.42 Å². The van der Waals surface area contributed by atoms with Gasteiger partial charge in [0.25, 0.3) is 0 Å². The highest BCUT2D eigenvalue weighted by Gasteiger charge is 2.43. The molecule has 1 saturated carbocycles. The fourth-order valence-electron chi connectivity index (χ4n) is 5.00. The molecule has 35 heavy (non-hydrogen) atoms. The van der Waals surface area contributed by atoms with Gasteiger partial charge in [-0.25, -0.2) is 0 Å². The summed E-state index contributed by atoms with van der Waals surface area (Å²) in [6.07, 6.45) is 10.0. The van der Waals surface area contributed by atoms with E-state index in [-0.39, 0.29) is 24.1 Å². The lowest BCUT2D eigenvalue weighted by Gasteiger charge is -2.39. The molecule has 3 unspecified atom stereocenters. The number of allylic oxidation sites excluding steroid dienone is 1. The highest BCUT2D eigenvalue weighted by molar-refractivity contribution is 5.95. The van der Waals surface area contributed by atoms with E-state index in [9.17, 15) is 19.2 Å². The van der Waals surface area contributed by atoms with E-state index in [1.807, 2.05) is 49.4 Å². The van der Waals surface area contributed by atoms with Crippen molar-refractivity contribution in [3.8, 4) is 0 Å². The van der Waals surface area contributed by atoms with Gasteiger partial charge >= 0.3 is 0 Å². The van der Waals surface area contributed by atoms with Crippen LogP contribution in [0.2, 0.25) is 0 Å². The van der Waals surface area contributed by atoms with Crippen molar-refractivity contribution in [1.29, 1.82) is 0 Å². The van der Waals surface area contributed by atoms with Crippen LogP contribution in [-0.4, -0.2) is 41.3 Å². The van der Waals surface area contributed by atoms with Gasteiger partial charge in [-0.2, -0.15) is 0 Å². The third-order valence-electron chi connectivity index (χ3n) is 7.13. The first-order valence-electron chi connectivity index (χ1n) is 12.8. The Morgan fingerprint density at radius 3 is 2.46 bits per heavy atom. The predicted octanol–water partition coefficient (Wildman–Crippen LogP) is 2.27. The lowest BCUT2D eigenvalue weighted by molar-refractivity contribution is -0.137. The van der Waals surface area contributed by atoms with Gasteiger partial charge < -0.3 is 21.7 Å². The van der Waals surface area contributed by atoms with Gasteiger partial charge in [0.2, 0.25) is 23.6 Å². The Bertz CT molecular complexity index is 924. The molecule has 1 aromatic carbocycles. The van der Waals surface area contributed by atoms with E-state index in [1.54, 1.807) is 0 Å². The third-order valence-corrected chi connectivity index (χ3v) is 7.13. The first-order chi connectivity index (χ1) is 16.8. The summed E-state index contributed by atoms with van der Waals surface area (Å²) in [4.78, 5) is 51.1. The fourth-order valence-corrected chi connectivity index (χ4v) is 5.00. The smallest absolute Gasteiger partial charge is 0.246 e. The minimum atomic E-state index is -1.06. The molecule has 5 N–H and O–H groups in total. The van der Waals surface area contributed by atoms with Gasteiger partial charge in [-0.1, -0.05) is 68.7 Å². The summed E-state index contributed by atoms with van der Waals surface area (Å²) in [6.45, 7) is 1.83. The van der Waals surface area contributed by atoms with Gasteiger partial charge in [-0.3, -0.25) is 19.2 Å². The number of rotatable bonds is 10. The fraction of sp³-hybridized carbons (Fsp3) is 0.556. The SMILES string of the molecule is CCC(NC(=O)CCc1ccccc1)C(=O)NC1(C(=O)NC2C=CCCC2C(N)=O)CCCCC1. The second-order valence-corrected chi connectivity index (χ2v) is 9.66. The Balaban J connectivity index is 1.64. The van der Waals surface area contributed by atoms with Gasteiger partial charge in [0.05, 0.1) is 12.0 Å². The number of primary amides is 1. The number of aryl methyl sites for hydroxylation is 1. The van der Waals surface area contributed by atoms with Crippen LogP contribution in [0.3, 0.4) is 0 Å². The second kappa shape index (κ2) is 12.5. The van der Waals surface area contributed by atoms with Crippen molar-refractivity contribution in [2.45, 2.75) is 88.8 Å². The van der Waals surface area contributed by atoms with Gasteiger partial charge in [-0.05, 0) is 44.1 Å². The summed E-state index contributed by atoms with van der Waals surface area (Å²) in [5, 5.41) is 8.79. The number of nitrogens with one attached hydrogen (secondary N) is 3. The van der Waals surface area contributed by atoms with Gasteiger partial charge in [0.15, 0.2) is 0 Å². The largest absolute Gasteiger partial charge is 0.369 e. The minimum absolute atomic E-state index is 0.199. The second-order valence-electron chi connectivity index (χ2n) is 9.66. The summed E-state index contributed by atoms with van der Waals surface area (Å²) in [6, 6.07) is 8.51. The monoisotopic (exact) mass is 482 g/mol. The van der Waals surface area contributed by atoms with Crippen LogP contribution in [0.1, 0.15) is 70.3 Å². The number of hydrogen-bond donors (Lipinski definition) is 4. The zero-order chi connectivity index (χ0) is 25.3. The first-order valence-corrected chi connectivity index (χ1v) is 12.8. The standard InChI is InChI=1S/C27H38N4O4/c1-2-21(29-23(32)16-15-19-11-5-3-6-12-19)25(34)31-27(17-9-4-10-18-27)26(35)30-22-14-8-7-13-20(22)24(28)33/h3,5-6,8,11-12,14,20-22H,2,4,7,9-10,13,15-18H2,1H3,(H2,28,33)(H,29,32)(H,30,35)(H,31,34). The van der Waals surface area contributed by atoms with Crippen LogP contribution in [0.4, 0.5) is 0 Å². The zero-order valence-electron chi connectivity index (χ0n) is 20.6. The molecule has 0 spiro atoms. The Kier molecular flexibility index (Phi) is 9.46. The highest BCUT2D eigenvalue weighted by Crippen LogP contribution is 2.30. The zero-order valence-corrected chi connectivity index (χ0v) is 20.6. The van der Waals surface area contributed by atoms with Crippen LogP contribution in [0, 0.1) is 5.92 Å². The lowest BCUT2D eigenvalue weighted by atomic mass is 9.79. The molecule has 3 rings (SSSR count). The average molecular weight is 483 g/mol. The number of carbonyl (C=O) groups is 4. The molecule has 1 aromatic rings. The van der Waals surface area contributed by atoms with Crippen molar-refractivity contribution in [2.75, 3.05) is 0 Å². The van der Waals surface area contributed by atoms with Crippen LogP contribution in [0.5, 0.6) is 0 Å². The van der Waals surface area contributed by atoms with E-state index in [4.69, 9.17) is 5.73 Å². The molecule has 190 valence electrons. The number of hydrogen-bond acceptors (Lipinski definition) is 4. The van der Waals surface area contributed by atoms with Crippen molar-refractivity contribution in [2.24, 2.45) is 11.7 Å². The number of carbonyl (C=O) groups excluding carboxylic acids is 4. The summed E-state index contributed by atoms with van der Waals surface area (Å²) >= 11 is 0. The molecular weight excluding hydrogens is 444 g/mol. The van der Waals surface area contributed by atoms with E-state index < -0.39 is 29.4 Å². The number of nitrogens with two attached hydrogens (primary N) is 1. The highest BCUT2D eigenvalue weighted by atomic mass is 16.2. The Morgan fingerprint density at radius 1 is 1.09 bits per heavy atom. The molecule has 8 nitrogen and oxygen atoms in total. The molecule has 0 aliphatic heterocycles. The molecule has 3 atom stereocenters. The molecule has 0 heterocycles. The summed E-state index contributed by atoms with van der Waals surface area (Å²) in [7, 11) is 0. The molecule has 0 saturated heterocycles. The molecule has 2 aliphatic rings. The molecule has 4 amide bonds. The van der Waals surface area contributed by atoms with E-state index in [2.05, 4.69) is 16.0 Å². The van der Waals surface area contributed by atoms with Crippen LogP contribution >= 0.6 is 0 Å². The average Bonchev–Trinajstić information content (AvgIpc) is 2.87. The molecule has 8 heteroatoms. The molecule has 0 aromatic heterocycles. The topological polar surface area (TPSA) is 130 Å². The number of amides is 4. The minimum Gasteiger partial charge on any atom is -0.369 e. The van der Waals surface area contributed by atoms with E-state index in [1.165, 1.54) is 0 Å². The lowest BCUT2D eigenvalue weighted by Crippen LogP contribution is -2.64. The normalized spacial score (nSPS) is 22.0. The maximum absolute atomic E-state index is 13.5. The van der Waals surface area contributed by atoms with Crippen molar-refractivity contribution in [3.05, 3.63) is 48.0 Å². The van der Waals surface area contributed by atoms with Crippen molar-refractivity contribution >= 4 is 23.6 Å². The Labute approximate surface area is 207 Å². The third kappa shape index (κ3) is 7.16. The maximum atomic E-state index is 13.5. The molecule has 1 fully saturated rings. The van der Waals surface area contributed by atoms with Crippen LogP contribution in [-0.2, 0) is 25.6 Å². The molecule has 0 bridgehead atoms.